The van der Waals surface area contributed by atoms with Gasteiger partial charge >= 0.3 is 0 Å². The van der Waals surface area contributed by atoms with Crippen molar-refractivity contribution in [2.75, 3.05) is 0 Å². The van der Waals surface area contributed by atoms with Gasteiger partial charge in [-0.1, -0.05) is 57.9 Å². The summed E-state index contributed by atoms with van der Waals surface area (Å²) in [4.78, 5) is 12.2. The molecule has 0 fully saturated rings. The Bertz CT molecular complexity index is 546. The first-order valence-electron chi connectivity index (χ1n) is 5.58. The van der Waals surface area contributed by atoms with E-state index < -0.39 is 5.38 Å². The van der Waals surface area contributed by atoms with E-state index in [4.69, 9.17) is 11.6 Å². The predicted molar refractivity (Wildman–Crippen MR) is 78.2 cm³/mol. The Morgan fingerprint density at radius 1 is 1.06 bits per heavy atom. The Hall–Kier alpha value is -1.12. The van der Waals surface area contributed by atoms with Crippen LogP contribution in [0.4, 0.5) is 0 Å². The first-order valence-corrected chi connectivity index (χ1v) is 6.81. The molecule has 0 radical (unpaired) electrons. The van der Waals surface area contributed by atoms with Crippen LogP contribution in [0.15, 0.2) is 53.0 Å². The molecule has 0 aliphatic rings. The number of rotatable bonds is 3. The SMILES string of the molecule is Cc1ccc(C(=O)C(Cl)c2ccc(Br)cc2)cc1. The third-order valence-electron chi connectivity index (χ3n) is 2.73. The van der Waals surface area contributed by atoms with Gasteiger partial charge in [-0.25, -0.2) is 0 Å². The summed E-state index contributed by atoms with van der Waals surface area (Å²) in [5, 5.41) is -0.638. The van der Waals surface area contributed by atoms with Crippen LogP contribution in [0.3, 0.4) is 0 Å². The van der Waals surface area contributed by atoms with Crippen molar-refractivity contribution in [1.29, 1.82) is 0 Å². The van der Waals surface area contributed by atoms with Crippen LogP contribution in [-0.2, 0) is 0 Å². The number of alkyl halides is 1. The Labute approximate surface area is 120 Å². The van der Waals surface area contributed by atoms with Crippen LogP contribution in [0.5, 0.6) is 0 Å². The van der Waals surface area contributed by atoms with Crippen LogP contribution >= 0.6 is 27.5 Å². The molecule has 3 heteroatoms. The molecule has 0 spiro atoms. The van der Waals surface area contributed by atoms with Crippen LogP contribution in [0, 0.1) is 6.92 Å². The van der Waals surface area contributed by atoms with E-state index >= 15 is 0 Å². The smallest absolute Gasteiger partial charge is 0.185 e. The van der Waals surface area contributed by atoms with Crippen molar-refractivity contribution >= 4 is 33.3 Å². The lowest BCUT2D eigenvalue weighted by Gasteiger charge is -2.09. The third kappa shape index (κ3) is 3.01. The van der Waals surface area contributed by atoms with Crippen LogP contribution < -0.4 is 0 Å². The molecule has 0 aliphatic carbocycles. The van der Waals surface area contributed by atoms with Gasteiger partial charge in [-0.2, -0.15) is 0 Å². The van der Waals surface area contributed by atoms with E-state index in [9.17, 15) is 4.79 Å². The fraction of sp³-hybridized carbons (Fsp3) is 0.133. The second-order valence-corrected chi connectivity index (χ2v) is 5.50. The topological polar surface area (TPSA) is 17.1 Å². The summed E-state index contributed by atoms with van der Waals surface area (Å²) < 4.78 is 0.970. The predicted octanol–water partition coefficient (Wildman–Crippen LogP) is 4.92. The van der Waals surface area contributed by atoms with E-state index in [2.05, 4.69) is 15.9 Å². The molecule has 2 aromatic rings. The molecule has 1 unspecified atom stereocenters. The van der Waals surface area contributed by atoms with Gasteiger partial charge in [0.2, 0.25) is 0 Å². The van der Waals surface area contributed by atoms with Gasteiger partial charge in [-0.15, -0.1) is 11.6 Å². The van der Waals surface area contributed by atoms with E-state index in [-0.39, 0.29) is 5.78 Å². The van der Waals surface area contributed by atoms with E-state index in [1.165, 1.54) is 0 Å². The quantitative estimate of drug-likeness (QED) is 0.579. The molecule has 0 bridgehead atoms. The van der Waals surface area contributed by atoms with Crippen molar-refractivity contribution in [1.82, 2.24) is 0 Å². The molecular formula is C15H12BrClO. The van der Waals surface area contributed by atoms with E-state index in [1.807, 2.05) is 55.5 Å². The number of hydrogen-bond donors (Lipinski definition) is 0. The van der Waals surface area contributed by atoms with Gasteiger partial charge < -0.3 is 0 Å². The van der Waals surface area contributed by atoms with E-state index in [0.29, 0.717) is 5.56 Å². The number of benzene rings is 2. The first kappa shape index (κ1) is 13.3. The minimum Gasteiger partial charge on any atom is -0.292 e. The highest BCUT2D eigenvalue weighted by molar-refractivity contribution is 9.10. The molecule has 92 valence electrons. The van der Waals surface area contributed by atoms with Crippen molar-refractivity contribution in [3.8, 4) is 0 Å². The highest BCUT2D eigenvalue weighted by atomic mass is 79.9. The van der Waals surface area contributed by atoms with Crippen LogP contribution in [0.2, 0.25) is 0 Å². The highest BCUT2D eigenvalue weighted by Crippen LogP contribution is 2.26. The van der Waals surface area contributed by atoms with Crippen molar-refractivity contribution in [3.63, 3.8) is 0 Å². The lowest BCUT2D eigenvalue weighted by atomic mass is 10.0. The van der Waals surface area contributed by atoms with Crippen LogP contribution in [-0.4, -0.2) is 5.78 Å². The molecule has 0 aliphatic heterocycles. The summed E-state index contributed by atoms with van der Waals surface area (Å²) in [6.45, 7) is 1.99. The standard InChI is InChI=1S/C15H12BrClO/c1-10-2-4-12(5-3-10)15(18)14(17)11-6-8-13(16)9-7-11/h2-9,14H,1H3. The zero-order valence-corrected chi connectivity index (χ0v) is 12.2. The molecule has 0 saturated heterocycles. The maximum absolute atomic E-state index is 12.2. The molecule has 0 N–H and O–H groups in total. The van der Waals surface area contributed by atoms with Gasteiger partial charge in [-0.05, 0) is 24.6 Å². The molecule has 2 aromatic carbocycles. The summed E-state index contributed by atoms with van der Waals surface area (Å²) in [5.74, 6) is -0.0704. The molecular weight excluding hydrogens is 312 g/mol. The summed E-state index contributed by atoms with van der Waals surface area (Å²) in [7, 11) is 0. The van der Waals surface area contributed by atoms with Gasteiger partial charge in [0.25, 0.3) is 0 Å². The molecule has 0 amide bonds. The van der Waals surface area contributed by atoms with Crippen molar-refractivity contribution < 1.29 is 4.79 Å². The zero-order chi connectivity index (χ0) is 13.1. The first-order chi connectivity index (χ1) is 8.58. The number of carbonyl (C=O) groups is 1. The summed E-state index contributed by atoms with van der Waals surface area (Å²) in [6, 6.07) is 14.9. The molecule has 0 saturated carbocycles. The second kappa shape index (κ2) is 5.68. The fourth-order valence-electron chi connectivity index (χ4n) is 1.65. The molecule has 0 aromatic heterocycles. The number of hydrogen-bond acceptors (Lipinski definition) is 1. The largest absolute Gasteiger partial charge is 0.292 e. The number of Topliss-reactive ketones (excluding diaryl/α,β-unsaturated/α-hetero) is 1. The number of ketones is 1. The summed E-state index contributed by atoms with van der Waals surface area (Å²) in [5.41, 5.74) is 2.58. The lowest BCUT2D eigenvalue weighted by Crippen LogP contribution is -2.07. The van der Waals surface area contributed by atoms with E-state index in [0.717, 1.165) is 15.6 Å². The average Bonchev–Trinajstić information content (AvgIpc) is 2.39. The lowest BCUT2D eigenvalue weighted by molar-refractivity contribution is 0.0987. The minimum absolute atomic E-state index is 0.0704. The minimum atomic E-state index is -0.638. The van der Waals surface area contributed by atoms with E-state index in [1.54, 1.807) is 0 Å². The Morgan fingerprint density at radius 3 is 2.17 bits per heavy atom. The van der Waals surface area contributed by atoms with Gasteiger partial charge in [0, 0.05) is 10.0 Å². The molecule has 18 heavy (non-hydrogen) atoms. The van der Waals surface area contributed by atoms with Crippen molar-refractivity contribution in [2.24, 2.45) is 0 Å². The fourth-order valence-corrected chi connectivity index (χ4v) is 2.18. The highest BCUT2D eigenvalue weighted by Gasteiger charge is 2.19. The average molecular weight is 324 g/mol. The number of carbonyl (C=O) groups excluding carboxylic acids is 1. The normalized spacial score (nSPS) is 12.2. The monoisotopic (exact) mass is 322 g/mol. The van der Waals surface area contributed by atoms with Gasteiger partial charge in [0.15, 0.2) is 5.78 Å². The van der Waals surface area contributed by atoms with Crippen molar-refractivity contribution in [3.05, 3.63) is 69.7 Å². The van der Waals surface area contributed by atoms with Gasteiger partial charge in [-0.3, -0.25) is 4.79 Å². The van der Waals surface area contributed by atoms with Crippen LogP contribution in [0.1, 0.15) is 26.9 Å². The maximum atomic E-state index is 12.2. The summed E-state index contributed by atoms with van der Waals surface area (Å²) in [6.07, 6.45) is 0. The van der Waals surface area contributed by atoms with Crippen molar-refractivity contribution in [2.45, 2.75) is 12.3 Å². The summed E-state index contributed by atoms with van der Waals surface area (Å²) >= 11 is 9.57. The van der Waals surface area contributed by atoms with Gasteiger partial charge in [0.05, 0.1) is 0 Å². The van der Waals surface area contributed by atoms with Crippen LogP contribution in [0.25, 0.3) is 0 Å². The number of aryl methyl sites for hydroxylation is 1. The molecule has 1 atom stereocenters. The Morgan fingerprint density at radius 2 is 1.61 bits per heavy atom. The zero-order valence-electron chi connectivity index (χ0n) is 9.86. The van der Waals surface area contributed by atoms with Gasteiger partial charge in [0.1, 0.15) is 5.38 Å². The molecule has 1 nitrogen and oxygen atoms in total. The molecule has 0 heterocycles. The molecule has 2 rings (SSSR count). The third-order valence-corrected chi connectivity index (χ3v) is 3.71. The maximum Gasteiger partial charge on any atom is 0.185 e. The Kier molecular flexibility index (Phi) is 4.20. The second-order valence-electron chi connectivity index (χ2n) is 4.14. The number of halogens is 2. The Balaban J connectivity index is 2.23.